The second-order valence-electron chi connectivity index (χ2n) is 4.84. The SMILES string of the molecule is CCc1nn(C)cc1CNc1ccccc1-n1cncn1. The number of aromatic nitrogens is 5. The largest absolute Gasteiger partial charge is 0.379 e. The molecule has 3 aromatic rings. The molecule has 0 saturated heterocycles. The Bertz CT molecular complexity index is 714. The Balaban J connectivity index is 1.82. The molecule has 0 unspecified atom stereocenters. The normalized spacial score (nSPS) is 10.8. The zero-order chi connectivity index (χ0) is 14.7. The number of para-hydroxylation sites is 2. The van der Waals surface area contributed by atoms with Crippen molar-refractivity contribution in [3.63, 3.8) is 0 Å². The highest BCUT2D eigenvalue weighted by Gasteiger charge is 2.08. The van der Waals surface area contributed by atoms with Crippen LogP contribution in [0.3, 0.4) is 0 Å². The lowest BCUT2D eigenvalue weighted by atomic mass is 10.2. The van der Waals surface area contributed by atoms with Crippen LogP contribution in [0.1, 0.15) is 18.2 Å². The highest BCUT2D eigenvalue weighted by molar-refractivity contribution is 5.60. The summed E-state index contributed by atoms with van der Waals surface area (Å²) in [4.78, 5) is 4.00. The molecule has 2 aromatic heterocycles. The average molecular weight is 282 g/mol. The standard InChI is InChI=1S/C15H18N6/c1-3-13-12(9-20(2)19-13)8-17-14-6-4-5-7-15(14)21-11-16-10-18-21/h4-7,9-11,17H,3,8H2,1-2H3. The maximum absolute atomic E-state index is 4.46. The molecule has 1 N–H and O–H groups in total. The van der Waals surface area contributed by atoms with Gasteiger partial charge in [-0.1, -0.05) is 19.1 Å². The van der Waals surface area contributed by atoms with Gasteiger partial charge in [0.1, 0.15) is 12.7 Å². The predicted octanol–water partition coefficient (Wildman–Crippen LogP) is 2.18. The van der Waals surface area contributed by atoms with E-state index in [0.717, 1.165) is 30.0 Å². The zero-order valence-corrected chi connectivity index (χ0v) is 12.2. The summed E-state index contributed by atoms with van der Waals surface area (Å²) >= 11 is 0. The van der Waals surface area contributed by atoms with Gasteiger partial charge in [-0.3, -0.25) is 4.68 Å². The first-order chi connectivity index (χ1) is 10.3. The summed E-state index contributed by atoms with van der Waals surface area (Å²) < 4.78 is 3.62. The van der Waals surface area contributed by atoms with Gasteiger partial charge >= 0.3 is 0 Å². The highest BCUT2D eigenvalue weighted by atomic mass is 15.3. The lowest BCUT2D eigenvalue weighted by Gasteiger charge is -2.11. The summed E-state index contributed by atoms with van der Waals surface area (Å²) in [6, 6.07) is 8.05. The summed E-state index contributed by atoms with van der Waals surface area (Å²) in [5.74, 6) is 0. The Labute approximate surface area is 123 Å². The first-order valence-corrected chi connectivity index (χ1v) is 6.97. The molecule has 6 nitrogen and oxygen atoms in total. The van der Waals surface area contributed by atoms with Gasteiger partial charge in [0.05, 0.1) is 17.1 Å². The first-order valence-electron chi connectivity index (χ1n) is 6.97. The molecule has 0 radical (unpaired) electrons. The Kier molecular flexibility index (Phi) is 3.68. The lowest BCUT2D eigenvalue weighted by molar-refractivity contribution is 0.746. The van der Waals surface area contributed by atoms with Crippen LogP contribution in [-0.2, 0) is 20.0 Å². The van der Waals surface area contributed by atoms with Crippen molar-refractivity contribution in [1.82, 2.24) is 24.5 Å². The number of rotatable bonds is 5. The van der Waals surface area contributed by atoms with E-state index in [1.807, 2.05) is 36.0 Å². The minimum atomic E-state index is 0.739. The van der Waals surface area contributed by atoms with Crippen LogP contribution in [0.15, 0.2) is 43.1 Å². The third-order valence-electron chi connectivity index (χ3n) is 3.37. The zero-order valence-electron chi connectivity index (χ0n) is 12.2. The molecule has 21 heavy (non-hydrogen) atoms. The van der Waals surface area contributed by atoms with Crippen LogP contribution < -0.4 is 5.32 Å². The minimum absolute atomic E-state index is 0.739. The van der Waals surface area contributed by atoms with E-state index in [1.165, 1.54) is 11.9 Å². The van der Waals surface area contributed by atoms with Crippen molar-refractivity contribution in [2.24, 2.45) is 7.05 Å². The van der Waals surface area contributed by atoms with E-state index >= 15 is 0 Å². The summed E-state index contributed by atoms with van der Waals surface area (Å²) in [6.45, 7) is 2.86. The molecule has 1 aromatic carbocycles. The van der Waals surface area contributed by atoms with Crippen molar-refractivity contribution < 1.29 is 0 Å². The van der Waals surface area contributed by atoms with Gasteiger partial charge in [-0.2, -0.15) is 10.2 Å². The molecule has 0 aliphatic heterocycles. The molecule has 2 heterocycles. The van der Waals surface area contributed by atoms with Crippen molar-refractivity contribution in [2.75, 3.05) is 5.32 Å². The fourth-order valence-corrected chi connectivity index (χ4v) is 2.37. The fourth-order valence-electron chi connectivity index (χ4n) is 2.37. The molecule has 0 aliphatic carbocycles. The average Bonchev–Trinajstić information content (AvgIpc) is 3.14. The van der Waals surface area contributed by atoms with Crippen LogP contribution in [-0.4, -0.2) is 24.5 Å². The van der Waals surface area contributed by atoms with Crippen LogP contribution in [0.5, 0.6) is 0 Å². The van der Waals surface area contributed by atoms with Crippen molar-refractivity contribution >= 4 is 5.69 Å². The Hall–Kier alpha value is -2.63. The number of nitrogens with one attached hydrogen (secondary N) is 1. The number of aryl methyl sites for hydroxylation is 2. The van der Waals surface area contributed by atoms with Gasteiger partial charge in [0.15, 0.2) is 0 Å². The number of hydrogen-bond donors (Lipinski definition) is 1. The maximum atomic E-state index is 4.46. The van der Waals surface area contributed by atoms with Gasteiger partial charge in [-0.25, -0.2) is 9.67 Å². The molecular formula is C15H18N6. The smallest absolute Gasteiger partial charge is 0.138 e. The van der Waals surface area contributed by atoms with Crippen LogP contribution in [0.4, 0.5) is 5.69 Å². The van der Waals surface area contributed by atoms with E-state index in [0.29, 0.717) is 0 Å². The Morgan fingerprint density at radius 3 is 2.86 bits per heavy atom. The van der Waals surface area contributed by atoms with Crippen LogP contribution >= 0.6 is 0 Å². The Morgan fingerprint density at radius 2 is 2.10 bits per heavy atom. The number of hydrogen-bond acceptors (Lipinski definition) is 4. The molecule has 0 amide bonds. The van der Waals surface area contributed by atoms with Gasteiger partial charge < -0.3 is 5.32 Å². The number of anilines is 1. The minimum Gasteiger partial charge on any atom is -0.379 e. The van der Waals surface area contributed by atoms with E-state index < -0.39 is 0 Å². The lowest BCUT2D eigenvalue weighted by Crippen LogP contribution is -2.05. The second kappa shape index (κ2) is 5.78. The topological polar surface area (TPSA) is 60.6 Å². The van der Waals surface area contributed by atoms with Gasteiger partial charge in [0.2, 0.25) is 0 Å². The third-order valence-corrected chi connectivity index (χ3v) is 3.37. The van der Waals surface area contributed by atoms with E-state index in [9.17, 15) is 0 Å². The molecule has 0 fully saturated rings. The summed E-state index contributed by atoms with van der Waals surface area (Å²) in [6.07, 6.45) is 6.22. The Morgan fingerprint density at radius 1 is 1.24 bits per heavy atom. The van der Waals surface area contributed by atoms with Crippen LogP contribution in [0.25, 0.3) is 5.69 Å². The monoisotopic (exact) mass is 282 g/mol. The molecule has 6 heteroatoms. The van der Waals surface area contributed by atoms with E-state index in [2.05, 4.69) is 33.6 Å². The van der Waals surface area contributed by atoms with Crippen molar-refractivity contribution in [1.29, 1.82) is 0 Å². The van der Waals surface area contributed by atoms with Crippen molar-refractivity contribution in [2.45, 2.75) is 19.9 Å². The summed E-state index contributed by atoms with van der Waals surface area (Å²) in [5.41, 5.74) is 4.35. The maximum Gasteiger partial charge on any atom is 0.138 e. The number of nitrogens with zero attached hydrogens (tertiary/aromatic N) is 5. The van der Waals surface area contributed by atoms with Crippen LogP contribution in [0.2, 0.25) is 0 Å². The van der Waals surface area contributed by atoms with E-state index in [4.69, 9.17) is 0 Å². The van der Waals surface area contributed by atoms with Gasteiger partial charge in [-0.15, -0.1) is 0 Å². The summed E-state index contributed by atoms with van der Waals surface area (Å²) in [7, 11) is 1.95. The van der Waals surface area contributed by atoms with Gasteiger partial charge in [0, 0.05) is 25.4 Å². The second-order valence-corrected chi connectivity index (χ2v) is 4.84. The van der Waals surface area contributed by atoms with E-state index in [-0.39, 0.29) is 0 Å². The highest BCUT2D eigenvalue weighted by Crippen LogP contribution is 2.20. The van der Waals surface area contributed by atoms with Crippen molar-refractivity contribution in [3.05, 3.63) is 54.4 Å². The number of benzene rings is 1. The molecule has 0 aliphatic rings. The molecule has 0 saturated carbocycles. The third kappa shape index (κ3) is 2.79. The molecule has 108 valence electrons. The molecule has 0 bridgehead atoms. The molecular weight excluding hydrogens is 264 g/mol. The van der Waals surface area contributed by atoms with Crippen molar-refractivity contribution in [3.8, 4) is 5.69 Å². The fraction of sp³-hybridized carbons (Fsp3) is 0.267. The predicted molar refractivity (Wildman–Crippen MR) is 81.3 cm³/mol. The quantitative estimate of drug-likeness (QED) is 0.779. The van der Waals surface area contributed by atoms with Gasteiger partial charge in [0.25, 0.3) is 0 Å². The van der Waals surface area contributed by atoms with Crippen LogP contribution in [0, 0.1) is 0 Å². The molecule has 0 spiro atoms. The molecule has 0 atom stereocenters. The summed E-state index contributed by atoms with van der Waals surface area (Å²) in [5, 5.41) is 12.1. The van der Waals surface area contributed by atoms with E-state index in [1.54, 1.807) is 11.0 Å². The first kappa shape index (κ1) is 13.4. The van der Waals surface area contributed by atoms with Gasteiger partial charge in [-0.05, 0) is 18.6 Å². The molecule has 3 rings (SSSR count).